The summed E-state index contributed by atoms with van der Waals surface area (Å²) >= 11 is 7.24. The molecule has 2 aromatic heterocycles. The first kappa shape index (κ1) is 17.6. The number of carbonyl (C=O) groups excluding carboxylic acids is 2. The molecule has 7 nitrogen and oxygen atoms in total. The number of fused-ring (bicyclic) bond motifs is 1. The minimum absolute atomic E-state index is 0.180. The van der Waals surface area contributed by atoms with Crippen molar-refractivity contribution in [2.45, 2.75) is 13.0 Å². The zero-order valence-corrected chi connectivity index (χ0v) is 15.6. The predicted octanol–water partition coefficient (Wildman–Crippen LogP) is 4.23. The van der Waals surface area contributed by atoms with Crippen molar-refractivity contribution in [3.8, 4) is 0 Å². The van der Waals surface area contributed by atoms with Crippen molar-refractivity contribution in [3.05, 3.63) is 64.0 Å². The Morgan fingerprint density at radius 1 is 1.19 bits per heavy atom. The van der Waals surface area contributed by atoms with Crippen LogP contribution in [0.15, 0.2) is 47.3 Å². The van der Waals surface area contributed by atoms with Crippen LogP contribution in [0.2, 0.25) is 5.02 Å². The first-order chi connectivity index (χ1) is 13.1. The topological polar surface area (TPSA) is 87.5 Å². The van der Waals surface area contributed by atoms with E-state index in [0.29, 0.717) is 40.9 Å². The molecule has 1 aliphatic rings. The van der Waals surface area contributed by atoms with Crippen LogP contribution in [-0.4, -0.2) is 28.4 Å². The van der Waals surface area contributed by atoms with E-state index in [-0.39, 0.29) is 11.9 Å². The van der Waals surface area contributed by atoms with Crippen molar-refractivity contribution < 1.29 is 14.0 Å². The number of anilines is 2. The molecule has 0 bridgehead atoms. The van der Waals surface area contributed by atoms with Crippen LogP contribution >= 0.6 is 22.9 Å². The van der Waals surface area contributed by atoms with Crippen molar-refractivity contribution in [1.29, 1.82) is 0 Å². The molecule has 0 saturated heterocycles. The van der Waals surface area contributed by atoms with Gasteiger partial charge in [0.1, 0.15) is 6.26 Å². The zero-order chi connectivity index (χ0) is 18.8. The fraction of sp³-hybridized carbons (Fsp3) is 0.167. The smallest absolute Gasteiger partial charge is 0.322 e. The van der Waals surface area contributed by atoms with E-state index in [9.17, 15) is 9.59 Å². The highest BCUT2D eigenvalue weighted by Gasteiger charge is 2.25. The van der Waals surface area contributed by atoms with Crippen LogP contribution < -0.4 is 10.6 Å². The van der Waals surface area contributed by atoms with Gasteiger partial charge in [0.05, 0.1) is 24.1 Å². The van der Waals surface area contributed by atoms with Gasteiger partial charge in [-0.25, -0.2) is 9.78 Å². The lowest BCUT2D eigenvalue weighted by Gasteiger charge is -2.26. The second-order valence-electron chi connectivity index (χ2n) is 5.96. The Hall–Kier alpha value is -2.84. The number of hydrogen-bond donors (Lipinski definition) is 2. The summed E-state index contributed by atoms with van der Waals surface area (Å²) in [6.45, 7) is 1.01. The molecule has 1 aromatic carbocycles. The standard InChI is InChI=1S/C18H15ClN4O3S/c19-12-1-3-13(4-2-12)20-18(25)23-7-5-14-15(9-23)27-17(21-14)22-16(24)11-6-8-26-10-11/h1-4,6,8,10H,5,7,9H2,(H,20,25)(H,21,22,24). The number of urea groups is 1. The van der Waals surface area contributed by atoms with Crippen LogP contribution in [0, 0.1) is 0 Å². The van der Waals surface area contributed by atoms with Gasteiger partial charge < -0.3 is 14.6 Å². The van der Waals surface area contributed by atoms with Gasteiger partial charge in [-0.05, 0) is 30.3 Å². The number of nitrogens with zero attached hydrogens (tertiary/aromatic N) is 2. The number of aromatic nitrogens is 1. The maximum atomic E-state index is 12.5. The minimum atomic E-state index is -0.271. The molecule has 0 fully saturated rings. The summed E-state index contributed by atoms with van der Waals surface area (Å²) in [6, 6.07) is 8.37. The summed E-state index contributed by atoms with van der Waals surface area (Å²) in [5, 5.41) is 6.76. The van der Waals surface area contributed by atoms with Crippen LogP contribution in [0.1, 0.15) is 20.9 Å². The second kappa shape index (κ2) is 7.42. The Bertz CT molecular complexity index is 969. The quantitative estimate of drug-likeness (QED) is 0.686. The highest BCUT2D eigenvalue weighted by molar-refractivity contribution is 7.15. The van der Waals surface area contributed by atoms with Crippen LogP contribution in [0.5, 0.6) is 0 Å². The molecule has 0 atom stereocenters. The third-order valence-electron chi connectivity index (χ3n) is 4.12. The number of amides is 3. The molecule has 138 valence electrons. The fourth-order valence-electron chi connectivity index (χ4n) is 2.72. The van der Waals surface area contributed by atoms with Gasteiger partial charge in [0, 0.05) is 28.6 Å². The molecule has 0 saturated carbocycles. The van der Waals surface area contributed by atoms with Gasteiger partial charge in [-0.2, -0.15) is 0 Å². The van der Waals surface area contributed by atoms with E-state index in [0.717, 1.165) is 10.6 Å². The summed E-state index contributed by atoms with van der Waals surface area (Å²) in [5.41, 5.74) is 2.04. The van der Waals surface area contributed by atoms with Gasteiger partial charge >= 0.3 is 6.03 Å². The summed E-state index contributed by atoms with van der Waals surface area (Å²) in [4.78, 5) is 31.7. The first-order valence-corrected chi connectivity index (χ1v) is 9.41. The van der Waals surface area contributed by atoms with Gasteiger partial charge in [0.25, 0.3) is 5.91 Å². The largest absolute Gasteiger partial charge is 0.472 e. The van der Waals surface area contributed by atoms with Gasteiger partial charge in [-0.15, -0.1) is 0 Å². The molecule has 0 aliphatic carbocycles. The molecule has 1 aliphatic heterocycles. The van der Waals surface area contributed by atoms with Crippen molar-refractivity contribution >= 4 is 45.7 Å². The second-order valence-corrected chi connectivity index (χ2v) is 7.48. The van der Waals surface area contributed by atoms with Gasteiger partial charge in [-0.1, -0.05) is 22.9 Å². The van der Waals surface area contributed by atoms with Gasteiger partial charge in [0.15, 0.2) is 5.13 Å². The monoisotopic (exact) mass is 402 g/mol. The zero-order valence-electron chi connectivity index (χ0n) is 14.1. The average molecular weight is 403 g/mol. The Morgan fingerprint density at radius 2 is 2.00 bits per heavy atom. The molecule has 0 unspecified atom stereocenters. The number of benzene rings is 1. The molecule has 3 amide bonds. The lowest BCUT2D eigenvalue weighted by Crippen LogP contribution is -2.38. The molecule has 0 radical (unpaired) electrons. The van der Waals surface area contributed by atoms with Crippen molar-refractivity contribution in [3.63, 3.8) is 0 Å². The molecule has 9 heteroatoms. The van der Waals surface area contributed by atoms with E-state index in [1.54, 1.807) is 35.2 Å². The van der Waals surface area contributed by atoms with E-state index in [2.05, 4.69) is 15.6 Å². The molecule has 2 N–H and O–H groups in total. The Kier molecular flexibility index (Phi) is 4.83. The SMILES string of the molecule is O=C(Nc1nc2c(s1)CN(C(=O)Nc1ccc(Cl)cc1)CC2)c1ccoc1. The number of nitrogens with one attached hydrogen (secondary N) is 2. The number of halogens is 1. The Balaban J connectivity index is 1.40. The molecular weight excluding hydrogens is 388 g/mol. The number of carbonyl (C=O) groups is 2. The average Bonchev–Trinajstić information content (AvgIpc) is 3.32. The predicted molar refractivity (Wildman–Crippen MR) is 103 cm³/mol. The summed E-state index contributed by atoms with van der Waals surface area (Å²) in [7, 11) is 0. The molecule has 3 aromatic rings. The Morgan fingerprint density at radius 3 is 2.74 bits per heavy atom. The minimum Gasteiger partial charge on any atom is -0.472 e. The molecular formula is C18H15ClN4O3S. The van der Waals surface area contributed by atoms with Gasteiger partial charge in [-0.3, -0.25) is 10.1 Å². The molecule has 3 heterocycles. The van der Waals surface area contributed by atoms with Gasteiger partial charge in [0.2, 0.25) is 0 Å². The highest BCUT2D eigenvalue weighted by atomic mass is 35.5. The van der Waals surface area contributed by atoms with E-state index in [1.807, 2.05) is 0 Å². The molecule has 4 rings (SSSR count). The van der Waals surface area contributed by atoms with Crippen LogP contribution in [-0.2, 0) is 13.0 Å². The van der Waals surface area contributed by atoms with E-state index >= 15 is 0 Å². The van der Waals surface area contributed by atoms with Crippen LogP contribution in [0.4, 0.5) is 15.6 Å². The number of thiazole rings is 1. The maximum absolute atomic E-state index is 12.5. The van der Waals surface area contributed by atoms with Crippen LogP contribution in [0.25, 0.3) is 0 Å². The third-order valence-corrected chi connectivity index (χ3v) is 5.37. The van der Waals surface area contributed by atoms with Crippen molar-refractivity contribution in [2.24, 2.45) is 0 Å². The maximum Gasteiger partial charge on any atom is 0.322 e. The summed E-state index contributed by atoms with van der Waals surface area (Å²) in [6.07, 6.45) is 3.46. The van der Waals surface area contributed by atoms with Crippen molar-refractivity contribution in [1.82, 2.24) is 9.88 Å². The first-order valence-electron chi connectivity index (χ1n) is 8.22. The number of furan rings is 1. The Labute approximate surface area is 164 Å². The van der Waals surface area contributed by atoms with Crippen LogP contribution in [0.3, 0.4) is 0 Å². The van der Waals surface area contributed by atoms with E-state index < -0.39 is 0 Å². The normalized spacial score (nSPS) is 13.1. The number of hydrogen-bond acceptors (Lipinski definition) is 5. The molecule has 0 spiro atoms. The number of rotatable bonds is 3. The lowest BCUT2D eigenvalue weighted by atomic mass is 10.2. The van der Waals surface area contributed by atoms with E-state index in [1.165, 1.54) is 23.9 Å². The lowest BCUT2D eigenvalue weighted by molar-refractivity contribution is 0.102. The third kappa shape index (κ3) is 3.96. The molecule has 27 heavy (non-hydrogen) atoms. The summed E-state index contributed by atoms with van der Waals surface area (Å²) < 4.78 is 4.91. The highest BCUT2D eigenvalue weighted by Crippen LogP contribution is 2.29. The van der Waals surface area contributed by atoms with E-state index in [4.69, 9.17) is 16.0 Å². The summed E-state index contributed by atoms with van der Waals surface area (Å²) in [5.74, 6) is -0.271. The van der Waals surface area contributed by atoms with Crippen molar-refractivity contribution in [2.75, 3.05) is 17.2 Å². The fourth-order valence-corrected chi connectivity index (χ4v) is 3.87.